The summed E-state index contributed by atoms with van der Waals surface area (Å²) < 4.78 is 6.81. The first-order valence-electron chi connectivity index (χ1n) is 7.67. The number of esters is 1. The molecule has 0 unspecified atom stereocenters. The molecule has 0 atom stereocenters. The molecule has 0 saturated heterocycles. The predicted octanol–water partition coefficient (Wildman–Crippen LogP) is 2.98. The lowest BCUT2D eigenvalue weighted by molar-refractivity contribution is 0.0466. The summed E-state index contributed by atoms with van der Waals surface area (Å²) in [5.41, 5.74) is 4.12. The van der Waals surface area contributed by atoms with Crippen LogP contribution in [0.15, 0.2) is 47.4 Å². The number of hydrogen-bond acceptors (Lipinski definition) is 4. The number of carbonyl (C=O) groups excluding carboxylic acids is 1. The SMILES string of the molecule is Cc1ccc(C)c(C(=O)OCc2cc(=O)n3cc(C)ccc3n2)c1. The third kappa shape index (κ3) is 3.20. The number of aromatic nitrogens is 2. The Hall–Kier alpha value is -2.95. The van der Waals surface area contributed by atoms with Gasteiger partial charge >= 0.3 is 5.97 Å². The van der Waals surface area contributed by atoms with E-state index in [4.69, 9.17) is 4.74 Å². The highest BCUT2D eigenvalue weighted by Crippen LogP contribution is 2.13. The van der Waals surface area contributed by atoms with E-state index in [0.29, 0.717) is 16.9 Å². The van der Waals surface area contributed by atoms with Crippen molar-refractivity contribution in [2.45, 2.75) is 27.4 Å². The van der Waals surface area contributed by atoms with E-state index in [0.717, 1.165) is 16.7 Å². The Bertz CT molecular complexity index is 990. The second kappa shape index (κ2) is 6.28. The molecule has 122 valence electrons. The van der Waals surface area contributed by atoms with Crippen LogP contribution in [0.2, 0.25) is 0 Å². The molecule has 0 aliphatic heterocycles. The first-order valence-corrected chi connectivity index (χ1v) is 7.67. The lowest BCUT2D eigenvalue weighted by Gasteiger charge is -2.08. The first-order chi connectivity index (χ1) is 11.4. The van der Waals surface area contributed by atoms with E-state index in [1.165, 1.54) is 10.5 Å². The molecule has 0 spiro atoms. The van der Waals surface area contributed by atoms with Crippen LogP contribution in [0.4, 0.5) is 0 Å². The molecule has 0 N–H and O–H groups in total. The molecule has 0 bridgehead atoms. The van der Waals surface area contributed by atoms with Crippen molar-refractivity contribution in [3.8, 4) is 0 Å². The predicted molar refractivity (Wildman–Crippen MR) is 91.2 cm³/mol. The Balaban J connectivity index is 1.83. The van der Waals surface area contributed by atoms with Gasteiger partial charge in [0, 0.05) is 12.3 Å². The average molecular weight is 322 g/mol. The Morgan fingerprint density at radius 2 is 1.83 bits per heavy atom. The van der Waals surface area contributed by atoms with E-state index in [1.807, 2.05) is 39.0 Å². The summed E-state index contributed by atoms with van der Waals surface area (Å²) in [4.78, 5) is 28.8. The van der Waals surface area contributed by atoms with E-state index in [1.54, 1.807) is 18.3 Å². The van der Waals surface area contributed by atoms with Crippen LogP contribution in [0, 0.1) is 20.8 Å². The zero-order chi connectivity index (χ0) is 17.3. The molecule has 5 heteroatoms. The van der Waals surface area contributed by atoms with E-state index in [9.17, 15) is 9.59 Å². The van der Waals surface area contributed by atoms with E-state index in [2.05, 4.69) is 4.98 Å². The third-order valence-corrected chi connectivity index (χ3v) is 3.82. The number of nitrogens with zero attached hydrogens (tertiary/aromatic N) is 2. The quantitative estimate of drug-likeness (QED) is 0.696. The summed E-state index contributed by atoms with van der Waals surface area (Å²) in [5.74, 6) is -0.415. The van der Waals surface area contributed by atoms with E-state index >= 15 is 0 Å². The fourth-order valence-electron chi connectivity index (χ4n) is 2.51. The van der Waals surface area contributed by atoms with Crippen LogP contribution < -0.4 is 5.56 Å². The van der Waals surface area contributed by atoms with Crippen LogP contribution in [0.1, 0.15) is 32.7 Å². The lowest BCUT2D eigenvalue weighted by atomic mass is 10.1. The largest absolute Gasteiger partial charge is 0.456 e. The van der Waals surface area contributed by atoms with Gasteiger partial charge in [-0.25, -0.2) is 9.78 Å². The highest BCUT2D eigenvalue weighted by Gasteiger charge is 2.12. The minimum absolute atomic E-state index is 0.0359. The molecule has 24 heavy (non-hydrogen) atoms. The topological polar surface area (TPSA) is 60.7 Å². The number of fused-ring (bicyclic) bond motifs is 1. The van der Waals surface area contributed by atoms with Gasteiger partial charge in [-0.05, 0) is 44.0 Å². The van der Waals surface area contributed by atoms with Crippen molar-refractivity contribution < 1.29 is 9.53 Å². The molecule has 2 aromatic heterocycles. The molecule has 3 aromatic rings. The van der Waals surface area contributed by atoms with Gasteiger partial charge in [0.2, 0.25) is 0 Å². The molecule has 0 amide bonds. The first kappa shape index (κ1) is 15.9. The minimum atomic E-state index is -0.415. The monoisotopic (exact) mass is 322 g/mol. The maximum absolute atomic E-state index is 12.3. The molecule has 3 rings (SSSR count). The average Bonchev–Trinajstić information content (AvgIpc) is 2.55. The fraction of sp³-hybridized carbons (Fsp3) is 0.211. The molecular weight excluding hydrogens is 304 g/mol. The fourth-order valence-corrected chi connectivity index (χ4v) is 2.51. The molecule has 5 nitrogen and oxygen atoms in total. The number of carbonyl (C=O) groups is 1. The standard InChI is InChI=1S/C19H18N2O3/c1-12-4-6-14(3)16(8-12)19(23)24-11-15-9-18(22)21-10-13(2)5-7-17(21)20-15/h4-10H,11H2,1-3H3. The van der Waals surface area contributed by atoms with Gasteiger partial charge in [-0.2, -0.15) is 0 Å². The lowest BCUT2D eigenvalue weighted by Crippen LogP contribution is -2.17. The number of benzene rings is 1. The van der Waals surface area contributed by atoms with Gasteiger partial charge in [0.05, 0.1) is 11.3 Å². The van der Waals surface area contributed by atoms with Crippen molar-refractivity contribution in [3.63, 3.8) is 0 Å². The van der Waals surface area contributed by atoms with Crippen LogP contribution in [0.5, 0.6) is 0 Å². The van der Waals surface area contributed by atoms with Crippen LogP contribution in [0.25, 0.3) is 5.65 Å². The molecule has 0 aliphatic carbocycles. The molecule has 2 heterocycles. The van der Waals surface area contributed by atoms with Crippen molar-refractivity contribution in [3.05, 3.63) is 80.9 Å². The van der Waals surface area contributed by atoms with Crippen LogP contribution in [-0.2, 0) is 11.3 Å². The van der Waals surface area contributed by atoms with Gasteiger partial charge in [0.1, 0.15) is 12.3 Å². The Morgan fingerprint density at radius 1 is 1.08 bits per heavy atom. The Labute approximate surface area is 139 Å². The van der Waals surface area contributed by atoms with Crippen molar-refractivity contribution in [1.82, 2.24) is 9.38 Å². The van der Waals surface area contributed by atoms with Gasteiger partial charge in [-0.3, -0.25) is 9.20 Å². The summed E-state index contributed by atoms with van der Waals surface area (Å²) in [6, 6.07) is 10.7. The summed E-state index contributed by atoms with van der Waals surface area (Å²) in [6.45, 7) is 5.65. The maximum atomic E-state index is 12.3. The van der Waals surface area contributed by atoms with Crippen LogP contribution in [-0.4, -0.2) is 15.4 Å². The molecule has 0 fully saturated rings. The van der Waals surface area contributed by atoms with Gasteiger partial charge in [-0.1, -0.05) is 23.8 Å². The Morgan fingerprint density at radius 3 is 2.62 bits per heavy atom. The summed E-state index contributed by atoms with van der Waals surface area (Å²) in [6.07, 6.45) is 1.73. The van der Waals surface area contributed by atoms with Gasteiger partial charge in [-0.15, -0.1) is 0 Å². The highest BCUT2D eigenvalue weighted by molar-refractivity contribution is 5.91. The number of ether oxygens (including phenoxy) is 1. The molecule has 0 aliphatic rings. The molecular formula is C19H18N2O3. The van der Waals surface area contributed by atoms with Gasteiger partial charge < -0.3 is 4.74 Å². The third-order valence-electron chi connectivity index (χ3n) is 3.82. The van der Waals surface area contributed by atoms with Crippen LogP contribution >= 0.6 is 0 Å². The zero-order valence-electron chi connectivity index (χ0n) is 13.9. The van der Waals surface area contributed by atoms with E-state index < -0.39 is 5.97 Å². The summed E-state index contributed by atoms with van der Waals surface area (Å²) in [5, 5.41) is 0. The van der Waals surface area contributed by atoms with Crippen molar-refractivity contribution >= 4 is 11.6 Å². The second-order valence-electron chi connectivity index (χ2n) is 5.91. The number of pyridine rings is 1. The minimum Gasteiger partial charge on any atom is -0.456 e. The second-order valence-corrected chi connectivity index (χ2v) is 5.91. The maximum Gasteiger partial charge on any atom is 0.338 e. The molecule has 0 saturated carbocycles. The number of hydrogen-bond donors (Lipinski definition) is 0. The summed E-state index contributed by atoms with van der Waals surface area (Å²) in [7, 11) is 0. The zero-order valence-corrected chi connectivity index (χ0v) is 13.9. The molecule has 0 radical (unpaired) electrons. The number of rotatable bonds is 3. The van der Waals surface area contributed by atoms with Crippen molar-refractivity contribution in [2.24, 2.45) is 0 Å². The highest BCUT2D eigenvalue weighted by atomic mass is 16.5. The smallest absolute Gasteiger partial charge is 0.338 e. The van der Waals surface area contributed by atoms with Crippen LogP contribution in [0.3, 0.4) is 0 Å². The number of aryl methyl sites for hydroxylation is 3. The summed E-state index contributed by atoms with van der Waals surface area (Å²) >= 11 is 0. The van der Waals surface area contributed by atoms with Crippen molar-refractivity contribution in [1.29, 1.82) is 0 Å². The van der Waals surface area contributed by atoms with Gasteiger partial charge in [0.25, 0.3) is 5.56 Å². The molecule has 1 aromatic carbocycles. The van der Waals surface area contributed by atoms with E-state index in [-0.39, 0.29) is 12.2 Å². The Kier molecular flexibility index (Phi) is 4.16. The normalized spacial score (nSPS) is 10.8. The van der Waals surface area contributed by atoms with Crippen molar-refractivity contribution in [2.75, 3.05) is 0 Å². The van der Waals surface area contributed by atoms with Gasteiger partial charge in [0.15, 0.2) is 0 Å².